The number of nitrogens with one attached hydrogen (secondary N) is 1. The number of amides is 1. The molecule has 7 nitrogen and oxygen atoms in total. The minimum atomic E-state index is -0.158. The molecular formula is C19H16ClN3O4. The molecule has 138 valence electrons. The van der Waals surface area contributed by atoms with E-state index in [4.69, 9.17) is 25.6 Å². The van der Waals surface area contributed by atoms with Gasteiger partial charge in [-0.1, -0.05) is 28.9 Å². The second-order valence-corrected chi connectivity index (χ2v) is 6.37. The molecule has 0 bridgehead atoms. The highest BCUT2D eigenvalue weighted by molar-refractivity contribution is 6.30. The molecule has 0 aliphatic carbocycles. The second kappa shape index (κ2) is 7.67. The van der Waals surface area contributed by atoms with Crippen LogP contribution in [0.4, 0.5) is 5.69 Å². The normalized spacial score (nSPS) is 12.6. The highest BCUT2D eigenvalue weighted by atomic mass is 35.5. The summed E-state index contributed by atoms with van der Waals surface area (Å²) in [4.78, 5) is 16.5. The molecule has 1 aliphatic heterocycles. The van der Waals surface area contributed by atoms with E-state index >= 15 is 0 Å². The van der Waals surface area contributed by atoms with Crippen molar-refractivity contribution >= 4 is 23.2 Å². The first-order chi connectivity index (χ1) is 13.2. The SMILES string of the molecule is O=C(CCc1nc(-c2cccc(Cl)c2)no1)Nc1ccc2c(c1)OCCO2. The van der Waals surface area contributed by atoms with Crippen molar-refractivity contribution in [1.82, 2.24) is 10.1 Å². The number of aryl methyl sites for hydroxylation is 1. The fraction of sp³-hybridized carbons (Fsp3) is 0.211. The summed E-state index contributed by atoms with van der Waals surface area (Å²) < 4.78 is 16.2. The van der Waals surface area contributed by atoms with Crippen LogP contribution < -0.4 is 14.8 Å². The van der Waals surface area contributed by atoms with Crippen LogP contribution in [-0.2, 0) is 11.2 Å². The van der Waals surface area contributed by atoms with Crippen LogP contribution in [0.25, 0.3) is 11.4 Å². The van der Waals surface area contributed by atoms with E-state index in [1.807, 2.05) is 12.1 Å². The van der Waals surface area contributed by atoms with Crippen LogP contribution in [0, 0.1) is 0 Å². The Labute approximate surface area is 160 Å². The molecule has 2 aromatic carbocycles. The minimum Gasteiger partial charge on any atom is -0.486 e. The Morgan fingerprint density at radius 2 is 1.96 bits per heavy atom. The quantitative estimate of drug-likeness (QED) is 0.720. The van der Waals surface area contributed by atoms with Crippen LogP contribution in [-0.4, -0.2) is 29.3 Å². The molecule has 1 amide bonds. The van der Waals surface area contributed by atoms with Gasteiger partial charge in [0.2, 0.25) is 17.6 Å². The van der Waals surface area contributed by atoms with E-state index in [0.717, 1.165) is 5.56 Å². The van der Waals surface area contributed by atoms with E-state index in [2.05, 4.69) is 15.5 Å². The lowest BCUT2D eigenvalue weighted by Gasteiger charge is -2.18. The van der Waals surface area contributed by atoms with Crippen LogP contribution in [0.2, 0.25) is 5.02 Å². The Balaban J connectivity index is 1.34. The molecule has 0 saturated carbocycles. The number of rotatable bonds is 5. The number of anilines is 1. The average molecular weight is 386 g/mol. The van der Waals surface area contributed by atoms with Gasteiger partial charge in [0.15, 0.2) is 11.5 Å². The molecule has 2 heterocycles. The molecular weight excluding hydrogens is 370 g/mol. The fourth-order valence-electron chi connectivity index (χ4n) is 2.67. The Morgan fingerprint density at radius 3 is 2.81 bits per heavy atom. The standard InChI is InChI=1S/C19H16ClN3O4/c20-13-3-1-2-12(10-13)19-22-18(27-23-19)7-6-17(24)21-14-4-5-15-16(11-14)26-9-8-25-15/h1-5,10-11H,6-9H2,(H,21,24). The lowest BCUT2D eigenvalue weighted by atomic mass is 10.2. The molecule has 3 aromatic rings. The number of carbonyl (C=O) groups is 1. The van der Waals surface area contributed by atoms with Gasteiger partial charge in [0.1, 0.15) is 13.2 Å². The molecule has 0 atom stereocenters. The number of aromatic nitrogens is 2. The monoisotopic (exact) mass is 385 g/mol. The number of ether oxygens (including phenoxy) is 2. The predicted octanol–water partition coefficient (Wildman–Crippen LogP) is 3.73. The maximum atomic E-state index is 12.2. The number of fused-ring (bicyclic) bond motifs is 1. The minimum absolute atomic E-state index is 0.158. The highest BCUT2D eigenvalue weighted by Crippen LogP contribution is 2.32. The Morgan fingerprint density at radius 1 is 1.11 bits per heavy atom. The van der Waals surface area contributed by atoms with E-state index < -0.39 is 0 Å². The molecule has 27 heavy (non-hydrogen) atoms. The molecule has 1 aliphatic rings. The van der Waals surface area contributed by atoms with Gasteiger partial charge in [-0.15, -0.1) is 0 Å². The summed E-state index contributed by atoms with van der Waals surface area (Å²) in [6.07, 6.45) is 0.551. The van der Waals surface area contributed by atoms with Crippen molar-refractivity contribution in [2.75, 3.05) is 18.5 Å². The highest BCUT2D eigenvalue weighted by Gasteiger charge is 2.14. The first-order valence-electron chi connectivity index (χ1n) is 8.45. The van der Waals surface area contributed by atoms with Crippen molar-refractivity contribution in [3.63, 3.8) is 0 Å². The number of nitrogens with zero attached hydrogens (tertiary/aromatic N) is 2. The van der Waals surface area contributed by atoms with Gasteiger partial charge in [-0.2, -0.15) is 4.98 Å². The smallest absolute Gasteiger partial charge is 0.227 e. The van der Waals surface area contributed by atoms with Crippen molar-refractivity contribution in [1.29, 1.82) is 0 Å². The molecule has 1 N–H and O–H groups in total. The van der Waals surface area contributed by atoms with Gasteiger partial charge in [0.05, 0.1) is 0 Å². The molecule has 4 rings (SSSR count). The van der Waals surface area contributed by atoms with Crippen molar-refractivity contribution < 1.29 is 18.8 Å². The Hall–Kier alpha value is -3.06. The van der Waals surface area contributed by atoms with Crippen LogP contribution >= 0.6 is 11.6 Å². The molecule has 0 radical (unpaired) electrons. The third-order valence-electron chi connectivity index (χ3n) is 3.94. The Kier molecular flexibility index (Phi) is 4.93. The molecule has 1 aromatic heterocycles. The average Bonchev–Trinajstić information content (AvgIpc) is 3.15. The van der Waals surface area contributed by atoms with E-state index in [1.165, 1.54) is 0 Å². The molecule has 0 spiro atoms. The van der Waals surface area contributed by atoms with E-state index in [1.54, 1.807) is 30.3 Å². The summed E-state index contributed by atoms with van der Waals surface area (Å²) >= 11 is 5.97. The number of carbonyl (C=O) groups excluding carboxylic acids is 1. The second-order valence-electron chi connectivity index (χ2n) is 5.93. The third-order valence-corrected chi connectivity index (χ3v) is 4.18. The summed E-state index contributed by atoms with van der Waals surface area (Å²) in [6, 6.07) is 12.5. The Bertz CT molecular complexity index is 973. The fourth-order valence-corrected chi connectivity index (χ4v) is 2.86. The van der Waals surface area contributed by atoms with Crippen LogP contribution in [0.5, 0.6) is 11.5 Å². The maximum absolute atomic E-state index is 12.2. The number of hydrogen-bond acceptors (Lipinski definition) is 6. The molecule has 0 saturated heterocycles. The third kappa shape index (κ3) is 4.20. The lowest BCUT2D eigenvalue weighted by molar-refractivity contribution is -0.116. The predicted molar refractivity (Wildman–Crippen MR) is 99.1 cm³/mol. The summed E-state index contributed by atoms with van der Waals surface area (Å²) in [5, 5.41) is 7.35. The van der Waals surface area contributed by atoms with Crippen molar-refractivity contribution in [3.8, 4) is 22.9 Å². The van der Waals surface area contributed by atoms with Crippen LogP contribution in [0.3, 0.4) is 0 Å². The van der Waals surface area contributed by atoms with E-state index in [0.29, 0.717) is 53.6 Å². The molecule has 8 heteroatoms. The van der Waals surface area contributed by atoms with Gasteiger partial charge >= 0.3 is 0 Å². The number of benzene rings is 2. The molecule has 0 unspecified atom stereocenters. The topological polar surface area (TPSA) is 86.5 Å². The van der Waals surface area contributed by atoms with Gasteiger partial charge in [-0.05, 0) is 24.3 Å². The largest absolute Gasteiger partial charge is 0.486 e. The summed E-state index contributed by atoms with van der Waals surface area (Å²) in [7, 11) is 0. The van der Waals surface area contributed by atoms with E-state index in [-0.39, 0.29) is 12.3 Å². The van der Waals surface area contributed by atoms with Gasteiger partial charge < -0.3 is 19.3 Å². The lowest BCUT2D eigenvalue weighted by Crippen LogP contribution is -2.16. The van der Waals surface area contributed by atoms with Gasteiger partial charge in [-0.3, -0.25) is 4.79 Å². The van der Waals surface area contributed by atoms with Crippen molar-refractivity contribution in [2.45, 2.75) is 12.8 Å². The number of halogens is 1. The summed E-state index contributed by atoms with van der Waals surface area (Å²) in [5.74, 6) is 1.98. The van der Waals surface area contributed by atoms with Crippen LogP contribution in [0.1, 0.15) is 12.3 Å². The van der Waals surface area contributed by atoms with Gasteiger partial charge in [0, 0.05) is 35.2 Å². The van der Waals surface area contributed by atoms with Gasteiger partial charge in [0.25, 0.3) is 0 Å². The molecule has 0 fully saturated rings. The summed E-state index contributed by atoms with van der Waals surface area (Å²) in [5.41, 5.74) is 1.41. The van der Waals surface area contributed by atoms with E-state index in [9.17, 15) is 4.79 Å². The van der Waals surface area contributed by atoms with Gasteiger partial charge in [-0.25, -0.2) is 0 Å². The number of hydrogen-bond donors (Lipinski definition) is 1. The van der Waals surface area contributed by atoms with Crippen molar-refractivity contribution in [2.24, 2.45) is 0 Å². The first kappa shape index (κ1) is 17.4. The maximum Gasteiger partial charge on any atom is 0.227 e. The first-order valence-corrected chi connectivity index (χ1v) is 8.83. The summed E-state index contributed by atoms with van der Waals surface area (Å²) in [6.45, 7) is 1.02. The zero-order chi connectivity index (χ0) is 18.6. The van der Waals surface area contributed by atoms with Crippen molar-refractivity contribution in [3.05, 3.63) is 53.4 Å². The zero-order valence-corrected chi connectivity index (χ0v) is 15.0. The zero-order valence-electron chi connectivity index (χ0n) is 14.3. The van der Waals surface area contributed by atoms with Crippen LogP contribution in [0.15, 0.2) is 47.0 Å².